The molecule has 1 aliphatic heterocycles. The molecule has 0 atom stereocenters. The Hall–Kier alpha value is -2.59. The zero-order valence-corrected chi connectivity index (χ0v) is 14.0. The van der Waals surface area contributed by atoms with Crippen molar-refractivity contribution in [3.63, 3.8) is 0 Å². The summed E-state index contributed by atoms with van der Waals surface area (Å²) in [5, 5.41) is 3.05. The van der Waals surface area contributed by atoms with Crippen LogP contribution in [0.5, 0.6) is 0 Å². The average Bonchev–Trinajstić information content (AvgIpc) is 2.63. The lowest BCUT2D eigenvalue weighted by molar-refractivity contribution is 0.164. The second-order valence-electron chi connectivity index (χ2n) is 6.11. The number of likely N-dealkylation sites (N-methyl/N-ethyl adjacent to an activating group) is 1. The molecule has 4 nitrogen and oxygen atoms in total. The number of hydrogen-bond donors (Lipinski definition) is 1. The van der Waals surface area contributed by atoms with Gasteiger partial charge in [-0.3, -0.25) is 0 Å². The molecule has 2 aromatic carbocycles. The van der Waals surface area contributed by atoms with Gasteiger partial charge in [-0.05, 0) is 24.3 Å². The number of carbonyl (C=O) groups excluding carboxylic acids is 1. The first-order chi connectivity index (χ1) is 11.6. The molecule has 1 aliphatic rings. The van der Waals surface area contributed by atoms with E-state index in [9.17, 15) is 4.79 Å². The predicted octanol–water partition coefficient (Wildman–Crippen LogP) is 3.53. The van der Waals surface area contributed by atoms with E-state index < -0.39 is 0 Å². The molecule has 2 aromatic rings. The number of amides is 2. The lowest BCUT2D eigenvalue weighted by Gasteiger charge is -2.32. The van der Waals surface area contributed by atoms with Crippen LogP contribution in [0.2, 0.25) is 0 Å². The Bertz CT molecular complexity index is 719. The van der Waals surface area contributed by atoms with Gasteiger partial charge < -0.3 is 15.1 Å². The SMILES string of the molecule is C=C(c1ccccc1)c1ccccc1NC(=O)N1CCN(C)CC1. The summed E-state index contributed by atoms with van der Waals surface area (Å²) in [5.41, 5.74) is 3.71. The number of anilines is 1. The first kappa shape index (κ1) is 16.3. The molecule has 1 heterocycles. The predicted molar refractivity (Wildman–Crippen MR) is 99.1 cm³/mol. The van der Waals surface area contributed by atoms with Crippen molar-refractivity contribution in [3.8, 4) is 0 Å². The summed E-state index contributed by atoms with van der Waals surface area (Å²) in [6.07, 6.45) is 0. The molecule has 2 amide bonds. The molecule has 124 valence electrons. The molecular formula is C20H23N3O. The third-order valence-electron chi connectivity index (χ3n) is 4.41. The normalized spacial score (nSPS) is 15.1. The van der Waals surface area contributed by atoms with Crippen molar-refractivity contribution >= 4 is 17.3 Å². The minimum atomic E-state index is -0.0450. The highest BCUT2D eigenvalue weighted by atomic mass is 16.2. The number of nitrogens with zero attached hydrogens (tertiary/aromatic N) is 2. The molecule has 0 bridgehead atoms. The number of nitrogens with one attached hydrogen (secondary N) is 1. The molecular weight excluding hydrogens is 298 g/mol. The Labute approximate surface area is 143 Å². The van der Waals surface area contributed by atoms with Gasteiger partial charge in [-0.15, -0.1) is 0 Å². The second kappa shape index (κ2) is 7.32. The van der Waals surface area contributed by atoms with Crippen molar-refractivity contribution in [3.05, 3.63) is 72.3 Å². The quantitative estimate of drug-likeness (QED) is 0.939. The van der Waals surface area contributed by atoms with Crippen LogP contribution in [0.3, 0.4) is 0 Å². The fourth-order valence-electron chi connectivity index (χ4n) is 2.85. The van der Waals surface area contributed by atoms with Crippen molar-refractivity contribution in [2.45, 2.75) is 0 Å². The molecule has 0 aliphatic carbocycles. The Morgan fingerprint density at radius 2 is 1.58 bits per heavy atom. The summed E-state index contributed by atoms with van der Waals surface area (Å²) in [6, 6.07) is 17.8. The summed E-state index contributed by atoms with van der Waals surface area (Å²) in [4.78, 5) is 16.6. The maximum atomic E-state index is 12.6. The van der Waals surface area contributed by atoms with E-state index in [1.807, 2.05) is 59.5 Å². The number of hydrogen-bond acceptors (Lipinski definition) is 2. The van der Waals surface area contributed by atoms with E-state index in [0.717, 1.165) is 48.6 Å². The van der Waals surface area contributed by atoms with Crippen LogP contribution in [0.4, 0.5) is 10.5 Å². The molecule has 0 aromatic heterocycles. The molecule has 0 saturated carbocycles. The maximum Gasteiger partial charge on any atom is 0.321 e. The maximum absolute atomic E-state index is 12.6. The molecule has 1 N–H and O–H groups in total. The van der Waals surface area contributed by atoms with Gasteiger partial charge in [0.1, 0.15) is 0 Å². The number of para-hydroxylation sites is 1. The van der Waals surface area contributed by atoms with Crippen molar-refractivity contribution in [2.75, 3.05) is 38.5 Å². The van der Waals surface area contributed by atoms with E-state index in [1.54, 1.807) is 0 Å². The largest absolute Gasteiger partial charge is 0.322 e. The summed E-state index contributed by atoms with van der Waals surface area (Å²) in [7, 11) is 2.08. The van der Waals surface area contributed by atoms with Crippen molar-refractivity contribution in [1.29, 1.82) is 0 Å². The highest BCUT2D eigenvalue weighted by molar-refractivity contribution is 5.95. The fraction of sp³-hybridized carbons (Fsp3) is 0.250. The standard InChI is InChI=1S/C20H23N3O/c1-16(17-8-4-3-5-9-17)18-10-6-7-11-19(18)21-20(24)23-14-12-22(2)13-15-23/h3-11H,1,12-15H2,2H3,(H,21,24). The fourth-order valence-corrected chi connectivity index (χ4v) is 2.85. The van der Waals surface area contributed by atoms with E-state index in [1.165, 1.54) is 0 Å². The van der Waals surface area contributed by atoms with Gasteiger partial charge in [0.2, 0.25) is 0 Å². The summed E-state index contributed by atoms with van der Waals surface area (Å²) in [5.74, 6) is 0. The van der Waals surface area contributed by atoms with Gasteiger partial charge in [-0.1, -0.05) is 55.1 Å². The lowest BCUT2D eigenvalue weighted by Crippen LogP contribution is -2.48. The van der Waals surface area contributed by atoms with Crippen LogP contribution < -0.4 is 5.32 Å². The summed E-state index contributed by atoms with van der Waals surface area (Å²) in [6.45, 7) is 7.54. The molecule has 0 spiro atoms. The van der Waals surface area contributed by atoms with E-state index in [2.05, 4.69) is 23.8 Å². The van der Waals surface area contributed by atoms with Gasteiger partial charge in [0.05, 0.1) is 5.69 Å². The van der Waals surface area contributed by atoms with Gasteiger partial charge in [0.15, 0.2) is 0 Å². The molecule has 4 heteroatoms. The zero-order valence-electron chi connectivity index (χ0n) is 14.0. The van der Waals surface area contributed by atoms with Crippen LogP contribution >= 0.6 is 0 Å². The lowest BCUT2D eigenvalue weighted by atomic mass is 9.98. The molecule has 0 radical (unpaired) electrons. The van der Waals surface area contributed by atoms with Crippen LogP contribution in [0.1, 0.15) is 11.1 Å². The Morgan fingerprint density at radius 1 is 0.958 bits per heavy atom. The zero-order chi connectivity index (χ0) is 16.9. The minimum Gasteiger partial charge on any atom is -0.322 e. The van der Waals surface area contributed by atoms with Crippen LogP contribution in [-0.2, 0) is 0 Å². The van der Waals surface area contributed by atoms with E-state index in [4.69, 9.17) is 0 Å². The number of rotatable bonds is 3. The molecule has 3 rings (SSSR count). The molecule has 1 fully saturated rings. The topological polar surface area (TPSA) is 35.6 Å². The second-order valence-corrected chi connectivity index (χ2v) is 6.11. The summed E-state index contributed by atoms with van der Waals surface area (Å²) >= 11 is 0. The van der Waals surface area contributed by atoms with Gasteiger partial charge in [0, 0.05) is 31.7 Å². The van der Waals surface area contributed by atoms with Crippen LogP contribution in [0.25, 0.3) is 5.57 Å². The number of benzene rings is 2. The van der Waals surface area contributed by atoms with E-state index >= 15 is 0 Å². The highest BCUT2D eigenvalue weighted by Crippen LogP contribution is 2.28. The third kappa shape index (κ3) is 3.66. The average molecular weight is 321 g/mol. The van der Waals surface area contributed by atoms with Gasteiger partial charge in [0.25, 0.3) is 0 Å². The summed E-state index contributed by atoms with van der Waals surface area (Å²) < 4.78 is 0. The van der Waals surface area contributed by atoms with E-state index in [-0.39, 0.29) is 6.03 Å². The Morgan fingerprint density at radius 3 is 2.29 bits per heavy atom. The third-order valence-corrected chi connectivity index (χ3v) is 4.41. The smallest absolute Gasteiger partial charge is 0.321 e. The van der Waals surface area contributed by atoms with Crippen molar-refractivity contribution < 1.29 is 4.79 Å². The van der Waals surface area contributed by atoms with Crippen LogP contribution in [0.15, 0.2) is 61.2 Å². The first-order valence-electron chi connectivity index (χ1n) is 8.23. The monoisotopic (exact) mass is 321 g/mol. The Kier molecular flexibility index (Phi) is 4.96. The first-order valence-corrected chi connectivity index (χ1v) is 8.23. The van der Waals surface area contributed by atoms with Crippen LogP contribution in [0, 0.1) is 0 Å². The number of urea groups is 1. The number of piperazine rings is 1. The van der Waals surface area contributed by atoms with Crippen molar-refractivity contribution in [1.82, 2.24) is 9.80 Å². The van der Waals surface area contributed by atoms with Crippen molar-refractivity contribution in [2.24, 2.45) is 0 Å². The van der Waals surface area contributed by atoms with Crippen LogP contribution in [-0.4, -0.2) is 49.1 Å². The Balaban J connectivity index is 1.77. The van der Waals surface area contributed by atoms with Gasteiger partial charge >= 0.3 is 6.03 Å². The molecule has 24 heavy (non-hydrogen) atoms. The minimum absolute atomic E-state index is 0.0450. The van der Waals surface area contributed by atoms with Gasteiger partial charge in [-0.25, -0.2) is 4.79 Å². The molecule has 0 unspecified atom stereocenters. The number of carbonyl (C=O) groups is 1. The van der Waals surface area contributed by atoms with E-state index in [0.29, 0.717) is 0 Å². The van der Waals surface area contributed by atoms with Gasteiger partial charge in [-0.2, -0.15) is 0 Å². The molecule has 1 saturated heterocycles. The highest BCUT2D eigenvalue weighted by Gasteiger charge is 2.20.